The lowest BCUT2D eigenvalue weighted by Gasteiger charge is -2.34. The van der Waals surface area contributed by atoms with Crippen LogP contribution in [0.2, 0.25) is 0 Å². The Bertz CT molecular complexity index is 370. The molecule has 1 aliphatic rings. The van der Waals surface area contributed by atoms with Crippen LogP contribution < -0.4 is 5.73 Å². The summed E-state index contributed by atoms with van der Waals surface area (Å²) in [7, 11) is 2.25. The maximum atomic E-state index is 6.07. The molecule has 1 atom stereocenters. The van der Waals surface area contributed by atoms with Crippen molar-refractivity contribution in [3.63, 3.8) is 0 Å². The lowest BCUT2D eigenvalue weighted by Crippen LogP contribution is -2.43. The van der Waals surface area contributed by atoms with Gasteiger partial charge in [0.25, 0.3) is 0 Å². The highest BCUT2D eigenvalue weighted by molar-refractivity contribution is 5.25. The van der Waals surface area contributed by atoms with Crippen molar-refractivity contribution >= 4 is 0 Å². The van der Waals surface area contributed by atoms with Crippen molar-refractivity contribution < 1.29 is 0 Å². The van der Waals surface area contributed by atoms with Crippen LogP contribution in [0.25, 0.3) is 0 Å². The number of rotatable bonds is 6. The van der Waals surface area contributed by atoms with Gasteiger partial charge in [0.05, 0.1) is 0 Å². The minimum Gasteiger partial charge on any atom is -0.330 e. The van der Waals surface area contributed by atoms with E-state index < -0.39 is 0 Å². The van der Waals surface area contributed by atoms with Crippen LogP contribution in [0, 0.1) is 5.92 Å². The van der Waals surface area contributed by atoms with E-state index in [-0.39, 0.29) is 5.41 Å². The van der Waals surface area contributed by atoms with Gasteiger partial charge < -0.3 is 10.6 Å². The first-order valence-corrected chi connectivity index (χ1v) is 7.58. The van der Waals surface area contributed by atoms with Crippen LogP contribution >= 0.6 is 0 Å². The standard InChI is InChI=1S/C17H28N2/c1-17(13-18,16-10-4-3-5-11-16)14-19(2)12-15-8-6-7-9-15/h3-5,10-11,15H,6-9,12-14,18H2,1-2H3. The lowest BCUT2D eigenvalue weighted by atomic mass is 9.82. The molecule has 0 aliphatic heterocycles. The van der Waals surface area contributed by atoms with Gasteiger partial charge in [0.2, 0.25) is 0 Å². The summed E-state index contributed by atoms with van der Waals surface area (Å²) in [6.07, 6.45) is 5.67. The molecule has 2 nitrogen and oxygen atoms in total. The number of likely N-dealkylation sites (N-methyl/N-ethyl adjacent to an activating group) is 1. The number of benzene rings is 1. The molecule has 106 valence electrons. The number of nitrogens with two attached hydrogens (primary N) is 1. The molecule has 19 heavy (non-hydrogen) atoms. The van der Waals surface area contributed by atoms with Crippen molar-refractivity contribution in [2.45, 2.75) is 38.0 Å². The van der Waals surface area contributed by atoms with Crippen molar-refractivity contribution in [3.8, 4) is 0 Å². The van der Waals surface area contributed by atoms with Crippen LogP contribution in [0.3, 0.4) is 0 Å². The van der Waals surface area contributed by atoms with Crippen LogP contribution in [-0.2, 0) is 5.41 Å². The monoisotopic (exact) mass is 260 g/mol. The molecule has 2 rings (SSSR count). The van der Waals surface area contributed by atoms with E-state index >= 15 is 0 Å². The average Bonchev–Trinajstić information content (AvgIpc) is 2.92. The van der Waals surface area contributed by atoms with Gasteiger partial charge in [0.15, 0.2) is 0 Å². The molecule has 0 amide bonds. The molecule has 1 aromatic carbocycles. The molecule has 1 unspecified atom stereocenters. The van der Waals surface area contributed by atoms with E-state index in [9.17, 15) is 0 Å². The van der Waals surface area contributed by atoms with Crippen LogP contribution in [0.15, 0.2) is 30.3 Å². The zero-order valence-electron chi connectivity index (χ0n) is 12.4. The average molecular weight is 260 g/mol. The molecule has 1 saturated carbocycles. The minimum atomic E-state index is 0.0641. The summed E-state index contributed by atoms with van der Waals surface area (Å²) >= 11 is 0. The number of hydrogen-bond acceptors (Lipinski definition) is 2. The Morgan fingerprint density at radius 2 is 1.84 bits per heavy atom. The Balaban J connectivity index is 1.97. The zero-order chi connectivity index (χ0) is 13.7. The van der Waals surface area contributed by atoms with E-state index in [0.29, 0.717) is 6.54 Å². The van der Waals surface area contributed by atoms with Gasteiger partial charge in [-0.1, -0.05) is 50.1 Å². The van der Waals surface area contributed by atoms with E-state index in [4.69, 9.17) is 5.73 Å². The van der Waals surface area contributed by atoms with Crippen molar-refractivity contribution in [1.82, 2.24) is 4.90 Å². The van der Waals surface area contributed by atoms with Crippen molar-refractivity contribution in [2.75, 3.05) is 26.7 Å². The van der Waals surface area contributed by atoms with Crippen molar-refractivity contribution in [2.24, 2.45) is 11.7 Å². The Hall–Kier alpha value is -0.860. The fourth-order valence-corrected chi connectivity index (χ4v) is 3.41. The van der Waals surface area contributed by atoms with Crippen LogP contribution in [0.1, 0.15) is 38.2 Å². The van der Waals surface area contributed by atoms with Gasteiger partial charge in [-0.05, 0) is 31.4 Å². The molecular weight excluding hydrogens is 232 g/mol. The maximum absolute atomic E-state index is 6.07. The Morgan fingerprint density at radius 1 is 1.21 bits per heavy atom. The quantitative estimate of drug-likeness (QED) is 0.852. The molecule has 0 aromatic heterocycles. The summed E-state index contributed by atoms with van der Waals surface area (Å²) in [6, 6.07) is 10.7. The Kier molecular flexibility index (Phi) is 5.00. The first kappa shape index (κ1) is 14.5. The minimum absolute atomic E-state index is 0.0641. The summed E-state index contributed by atoms with van der Waals surface area (Å²) in [4.78, 5) is 2.48. The second kappa shape index (κ2) is 6.53. The third kappa shape index (κ3) is 3.80. The first-order valence-electron chi connectivity index (χ1n) is 7.58. The molecule has 2 heteroatoms. The zero-order valence-corrected chi connectivity index (χ0v) is 12.4. The van der Waals surface area contributed by atoms with Crippen molar-refractivity contribution in [1.29, 1.82) is 0 Å². The van der Waals surface area contributed by atoms with Crippen LogP contribution in [-0.4, -0.2) is 31.6 Å². The molecule has 0 bridgehead atoms. The van der Waals surface area contributed by atoms with Crippen LogP contribution in [0.4, 0.5) is 0 Å². The predicted molar refractivity (Wildman–Crippen MR) is 82.3 cm³/mol. The van der Waals surface area contributed by atoms with Gasteiger partial charge >= 0.3 is 0 Å². The third-order valence-electron chi connectivity index (χ3n) is 4.58. The molecule has 0 spiro atoms. The van der Waals surface area contributed by atoms with E-state index in [1.54, 1.807) is 0 Å². The fraction of sp³-hybridized carbons (Fsp3) is 0.647. The summed E-state index contributed by atoms with van der Waals surface area (Å²) in [6.45, 7) is 5.26. The van der Waals surface area contributed by atoms with Gasteiger partial charge in [-0.3, -0.25) is 0 Å². The fourth-order valence-electron chi connectivity index (χ4n) is 3.41. The topological polar surface area (TPSA) is 29.3 Å². The van der Waals surface area contributed by atoms with Crippen LogP contribution in [0.5, 0.6) is 0 Å². The SMILES string of the molecule is CN(CC1CCCC1)CC(C)(CN)c1ccccc1. The summed E-state index contributed by atoms with van der Waals surface area (Å²) in [5.41, 5.74) is 7.49. The summed E-state index contributed by atoms with van der Waals surface area (Å²) < 4.78 is 0. The maximum Gasteiger partial charge on any atom is 0.0174 e. The molecule has 1 aliphatic carbocycles. The molecule has 0 radical (unpaired) electrons. The lowest BCUT2D eigenvalue weighted by molar-refractivity contribution is 0.226. The molecule has 0 saturated heterocycles. The third-order valence-corrected chi connectivity index (χ3v) is 4.58. The number of hydrogen-bond donors (Lipinski definition) is 1. The van der Waals surface area contributed by atoms with Gasteiger partial charge in [-0.15, -0.1) is 0 Å². The van der Waals surface area contributed by atoms with Gasteiger partial charge in [0.1, 0.15) is 0 Å². The molecule has 0 heterocycles. The molecule has 2 N–H and O–H groups in total. The van der Waals surface area contributed by atoms with E-state index in [2.05, 4.69) is 49.2 Å². The Labute approximate surface area is 118 Å². The molecular formula is C17H28N2. The largest absolute Gasteiger partial charge is 0.330 e. The second-order valence-electron chi connectivity index (χ2n) is 6.48. The normalized spacial score (nSPS) is 19.8. The van der Waals surface area contributed by atoms with E-state index in [1.807, 2.05) is 0 Å². The second-order valence-corrected chi connectivity index (χ2v) is 6.48. The van der Waals surface area contributed by atoms with E-state index in [1.165, 1.54) is 37.8 Å². The van der Waals surface area contributed by atoms with Gasteiger partial charge in [-0.2, -0.15) is 0 Å². The first-order chi connectivity index (χ1) is 9.14. The van der Waals surface area contributed by atoms with E-state index in [0.717, 1.165) is 12.5 Å². The highest BCUT2D eigenvalue weighted by atomic mass is 15.1. The van der Waals surface area contributed by atoms with Crippen molar-refractivity contribution in [3.05, 3.63) is 35.9 Å². The predicted octanol–water partition coefficient (Wildman–Crippen LogP) is 3.03. The highest BCUT2D eigenvalue weighted by Crippen LogP contribution is 2.27. The highest BCUT2D eigenvalue weighted by Gasteiger charge is 2.27. The Morgan fingerprint density at radius 3 is 2.42 bits per heavy atom. The molecule has 1 aromatic rings. The smallest absolute Gasteiger partial charge is 0.0174 e. The summed E-state index contributed by atoms with van der Waals surface area (Å²) in [5, 5.41) is 0. The number of nitrogens with zero attached hydrogens (tertiary/aromatic N) is 1. The molecule has 1 fully saturated rings. The van der Waals surface area contributed by atoms with Gasteiger partial charge in [-0.25, -0.2) is 0 Å². The summed E-state index contributed by atoms with van der Waals surface area (Å²) in [5.74, 6) is 0.905. The van der Waals surface area contributed by atoms with Gasteiger partial charge in [0, 0.05) is 25.0 Å².